The third-order valence-electron chi connectivity index (χ3n) is 5.32. The number of fused-ring (bicyclic) bond motifs is 2. The molecule has 2 fully saturated rings. The van der Waals surface area contributed by atoms with Crippen molar-refractivity contribution in [1.82, 2.24) is 16.2 Å². The third-order valence-corrected chi connectivity index (χ3v) is 5.55. The molecule has 0 radical (unpaired) electrons. The van der Waals surface area contributed by atoms with E-state index >= 15 is 0 Å². The standard InChI is InChI=1S/C17H22ClN3O2/c18-11-4-5-15-13(8-11)12(6-7-23-15)17(22)20-14-3-1-2-10-9-19-21-16(10)14/h4-5,8,10,12,14,16,19,21H,1-3,6-7,9H2,(H,20,22). The molecule has 4 rings (SSSR count). The van der Waals surface area contributed by atoms with E-state index in [1.54, 1.807) is 6.07 Å². The number of hydrogen-bond donors (Lipinski definition) is 3. The van der Waals surface area contributed by atoms with Gasteiger partial charge in [0.25, 0.3) is 0 Å². The first-order chi connectivity index (χ1) is 11.2. The third kappa shape index (κ3) is 2.93. The molecule has 1 saturated heterocycles. The predicted octanol–water partition coefficient (Wildman–Crippen LogP) is 1.97. The van der Waals surface area contributed by atoms with Gasteiger partial charge in [-0.05, 0) is 43.4 Å². The van der Waals surface area contributed by atoms with Gasteiger partial charge in [0.1, 0.15) is 5.75 Å². The van der Waals surface area contributed by atoms with Gasteiger partial charge in [0.2, 0.25) is 5.91 Å². The molecule has 4 unspecified atom stereocenters. The Morgan fingerprint density at radius 1 is 1.30 bits per heavy atom. The fraction of sp³-hybridized carbons (Fsp3) is 0.588. The lowest BCUT2D eigenvalue weighted by atomic mass is 9.82. The molecule has 0 spiro atoms. The normalized spacial score (nSPS) is 32.6. The van der Waals surface area contributed by atoms with Crippen molar-refractivity contribution in [3.8, 4) is 5.75 Å². The van der Waals surface area contributed by atoms with Crippen LogP contribution in [0.4, 0.5) is 0 Å². The van der Waals surface area contributed by atoms with Crippen molar-refractivity contribution in [3.05, 3.63) is 28.8 Å². The minimum atomic E-state index is -0.174. The zero-order chi connectivity index (χ0) is 15.8. The topological polar surface area (TPSA) is 62.4 Å². The van der Waals surface area contributed by atoms with E-state index in [1.165, 1.54) is 12.8 Å². The monoisotopic (exact) mass is 335 g/mol. The molecule has 1 saturated carbocycles. The first-order valence-corrected chi connectivity index (χ1v) is 8.81. The van der Waals surface area contributed by atoms with Gasteiger partial charge in [-0.1, -0.05) is 18.0 Å². The van der Waals surface area contributed by atoms with Gasteiger partial charge in [0.15, 0.2) is 0 Å². The van der Waals surface area contributed by atoms with Gasteiger partial charge in [0, 0.05) is 29.2 Å². The summed E-state index contributed by atoms with van der Waals surface area (Å²) in [6.07, 6.45) is 4.14. The molecular weight excluding hydrogens is 314 g/mol. The summed E-state index contributed by atoms with van der Waals surface area (Å²) in [5, 5.41) is 3.93. The summed E-state index contributed by atoms with van der Waals surface area (Å²) in [6, 6.07) is 6.06. The van der Waals surface area contributed by atoms with Crippen LogP contribution in [0.5, 0.6) is 5.75 Å². The zero-order valence-electron chi connectivity index (χ0n) is 13.0. The average Bonchev–Trinajstić information content (AvgIpc) is 3.04. The highest BCUT2D eigenvalue weighted by atomic mass is 35.5. The number of ether oxygens (including phenoxy) is 1. The Hall–Kier alpha value is -1.30. The Kier molecular flexibility index (Phi) is 4.18. The first-order valence-electron chi connectivity index (χ1n) is 8.43. The summed E-state index contributed by atoms with van der Waals surface area (Å²) in [6.45, 7) is 1.57. The number of halogens is 1. The van der Waals surface area contributed by atoms with E-state index in [0.717, 1.165) is 24.3 Å². The molecule has 2 heterocycles. The molecule has 1 aromatic rings. The summed E-state index contributed by atoms with van der Waals surface area (Å²) in [5.74, 6) is 1.32. The average molecular weight is 336 g/mol. The van der Waals surface area contributed by atoms with Crippen LogP contribution < -0.4 is 20.9 Å². The van der Waals surface area contributed by atoms with Crippen LogP contribution in [0.25, 0.3) is 0 Å². The van der Waals surface area contributed by atoms with E-state index in [4.69, 9.17) is 16.3 Å². The molecule has 5 nitrogen and oxygen atoms in total. The zero-order valence-corrected chi connectivity index (χ0v) is 13.7. The van der Waals surface area contributed by atoms with Crippen molar-refractivity contribution < 1.29 is 9.53 Å². The van der Waals surface area contributed by atoms with E-state index < -0.39 is 0 Å². The lowest BCUT2D eigenvalue weighted by Crippen LogP contribution is -2.54. The summed E-state index contributed by atoms with van der Waals surface area (Å²) in [7, 11) is 0. The smallest absolute Gasteiger partial charge is 0.228 e. The van der Waals surface area contributed by atoms with Gasteiger partial charge < -0.3 is 10.1 Å². The maximum atomic E-state index is 12.9. The molecule has 0 bridgehead atoms. The van der Waals surface area contributed by atoms with Crippen LogP contribution in [0.3, 0.4) is 0 Å². The summed E-state index contributed by atoms with van der Waals surface area (Å²) < 4.78 is 5.66. The Morgan fingerprint density at radius 2 is 2.22 bits per heavy atom. The number of carbonyl (C=O) groups is 1. The van der Waals surface area contributed by atoms with Gasteiger partial charge in [0.05, 0.1) is 12.5 Å². The maximum absolute atomic E-state index is 12.9. The van der Waals surface area contributed by atoms with E-state index in [0.29, 0.717) is 30.0 Å². The fourth-order valence-corrected chi connectivity index (χ4v) is 4.31. The number of amides is 1. The molecule has 2 aliphatic heterocycles. The quantitative estimate of drug-likeness (QED) is 0.773. The van der Waals surface area contributed by atoms with Crippen LogP contribution in [0.1, 0.15) is 37.2 Å². The van der Waals surface area contributed by atoms with Crippen LogP contribution in [0.15, 0.2) is 18.2 Å². The van der Waals surface area contributed by atoms with Crippen molar-refractivity contribution in [2.24, 2.45) is 5.92 Å². The fourth-order valence-electron chi connectivity index (χ4n) is 4.13. The van der Waals surface area contributed by atoms with Crippen molar-refractivity contribution in [3.63, 3.8) is 0 Å². The van der Waals surface area contributed by atoms with Gasteiger partial charge >= 0.3 is 0 Å². The molecule has 6 heteroatoms. The van der Waals surface area contributed by atoms with Crippen LogP contribution in [0.2, 0.25) is 5.02 Å². The molecule has 4 atom stereocenters. The summed E-state index contributed by atoms with van der Waals surface area (Å²) in [5.41, 5.74) is 7.47. The van der Waals surface area contributed by atoms with E-state index in [2.05, 4.69) is 16.2 Å². The lowest BCUT2D eigenvalue weighted by Gasteiger charge is -2.35. The molecule has 1 amide bonds. The molecule has 1 aliphatic carbocycles. The van der Waals surface area contributed by atoms with Gasteiger partial charge in [-0.25, -0.2) is 0 Å². The molecule has 3 aliphatic rings. The second-order valence-electron chi connectivity index (χ2n) is 6.73. The van der Waals surface area contributed by atoms with Crippen LogP contribution in [-0.4, -0.2) is 31.1 Å². The summed E-state index contributed by atoms with van der Waals surface area (Å²) >= 11 is 6.11. The molecule has 3 N–H and O–H groups in total. The van der Waals surface area contributed by atoms with E-state index in [9.17, 15) is 4.79 Å². The highest BCUT2D eigenvalue weighted by Gasteiger charge is 2.38. The minimum Gasteiger partial charge on any atom is -0.493 e. The van der Waals surface area contributed by atoms with Crippen LogP contribution in [-0.2, 0) is 4.79 Å². The highest BCUT2D eigenvalue weighted by Crippen LogP contribution is 2.36. The molecule has 0 aromatic heterocycles. The number of hydrogen-bond acceptors (Lipinski definition) is 4. The number of carbonyl (C=O) groups excluding carboxylic acids is 1. The lowest BCUT2D eigenvalue weighted by molar-refractivity contribution is -0.124. The maximum Gasteiger partial charge on any atom is 0.228 e. The largest absolute Gasteiger partial charge is 0.493 e. The SMILES string of the molecule is O=C(NC1CCCC2CNNC21)C1CCOc2ccc(Cl)cc21. The number of rotatable bonds is 2. The van der Waals surface area contributed by atoms with Crippen molar-refractivity contribution in [2.45, 2.75) is 43.7 Å². The predicted molar refractivity (Wildman–Crippen MR) is 88.5 cm³/mol. The van der Waals surface area contributed by atoms with Gasteiger partial charge in [-0.15, -0.1) is 0 Å². The Morgan fingerprint density at radius 3 is 3.13 bits per heavy atom. The van der Waals surface area contributed by atoms with Crippen LogP contribution in [0, 0.1) is 5.92 Å². The minimum absolute atomic E-state index is 0.0937. The number of nitrogens with one attached hydrogen (secondary N) is 3. The number of hydrazine groups is 1. The van der Waals surface area contributed by atoms with Gasteiger partial charge in [-0.2, -0.15) is 0 Å². The Labute approximate surface area is 141 Å². The van der Waals surface area contributed by atoms with Crippen LogP contribution >= 0.6 is 11.6 Å². The van der Waals surface area contributed by atoms with Crippen molar-refractivity contribution in [2.75, 3.05) is 13.2 Å². The summed E-state index contributed by atoms with van der Waals surface area (Å²) in [4.78, 5) is 12.9. The highest BCUT2D eigenvalue weighted by molar-refractivity contribution is 6.30. The molecule has 124 valence electrons. The van der Waals surface area contributed by atoms with Gasteiger partial charge in [-0.3, -0.25) is 15.6 Å². The Bertz CT molecular complexity index is 610. The Balaban J connectivity index is 1.51. The second kappa shape index (κ2) is 6.30. The second-order valence-corrected chi connectivity index (χ2v) is 7.17. The molecular formula is C17H22ClN3O2. The van der Waals surface area contributed by atoms with E-state index in [1.807, 2.05) is 12.1 Å². The molecule has 1 aromatic carbocycles. The first kappa shape index (κ1) is 15.2. The van der Waals surface area contributed by atoms with E-state index in [-0.39, 0.29) is 17.9 Å². The van der Waals surface area contributed by atoms with Crippen molar-refractivity contribution >= 4 is 17.5 Å². The van der Waals surface area contributed by atoms with Crippen molar-refractivity contribution in [1.29, 1.82) is 0 Å². The number of benzene rings is 1. The molecule has 23 heavy (non-hydrogen) atoms.